The number of carbonyl (C=O) groups excluding carboxylic acids is 1. The number of anilines is 2. The maximum atomic E-state index is 12.3. The normalized spacial score (nSPS) is 13.4. The van der Waals surface area contributed by atoms with Crippen LogP contribution in [0.5, 0.6) is 0 Å². The van der Waals surface area contributed by atoms with Crippen molar-refractivity contribution >= 4 is 53.6 Å². The molecule has 0 radical (unpaired) electrons. The minimum atomic E-state index is -0.388. The van der Waals surface area contributed by atoms with Crippen LogP contribution in [0.25, 0.3) is 0 Å². The molecule has 0 bridgehead atoms. The minimum Gasteiger partial charge on any atom is -0.356 e. The summed E-state index contributed by atoms with van der Waals surface area (Å²) in [6.45, 7) is 2.30. The fourth-order valence-electron chi connectivity index (χ4n) is 2.38. The summed E-state index contributed by atoms with van der Waals surface area (Å²) in [6.07, 6.45) is 2.92. The number of urea groups is 1. The number of nitrogens with zero attached hydrogens (tertiary/aromatic N) is 3. The minimum absolute atomic E-state index is 0.303. The second-order valence-electron chi connectivity index (χ2n) is 5.42. The maximum Gasteiger partial charge on any atom is 0.332 e. The van der Waals surface area contributed by atoms with Crippen molar-refractivity contribution in [3.05, 3.63) is 52.1 Å². The zero-order valence-corrected chi connectivity index (χ0v) is 15.2. The van der Waals surface area contributed by atoms with Crippen molar-refractivity contribution in [2.75, 3.05) is 23.3 Å². The molecule has 0 unspecified atom stereocenters. The molecule has 5 nitrogen and oxygen atoms in total. The van der Waals surface area contributed by atoms with Gasteiger partial charge >= 0.3 is 6.03 Å². The molecule has 1 aromatic carbocycles. The van der Waals surface area contributed by atoms with E-state index in [1.807, 2.05) is 12.1 Å². The van der Waals surface area contributed by atoms with E-state index in [9.17, 15) is 4.79 Å². The molecular formula is C16H16Cl2N4OS. The van der Waals surface area contributed by atoms with Gasteiger partial charge in [0.2, 0.25) is 0 Å². The Morgan fingerprint density at radius 2 is 2.08 bits per heavy atom. The van der Waals surface area contributed by atoms with Crippen LogP contribution in [0.4, 0.5) is 16.3 Å². The predicted octanol–water partition coefficient (Wildman–Crippen LogP) is 4.48. The van der Waals surface area contributed by atoms with Crippen LogP contribution >= 0.6 is 36.0 Å². The number of aromatic nitrogens is 1. The third kappa shape index (κ3) is 3.71. The molecule has 126 valence electrons. The number of carbonyl (C=O) groups is 1. The van der Waals surface area contributed by atoms with E-state index in [0.29, 0.717) is 22.3 Å². The van der Waals surface area contributed by atoms with Gasteiger partial charge in [0.1, 0.15) is 5.82 Å². The SMILES string of the molecule is O=C(Nc1cccc(Cl)c1Cl)N(S)Cc1cccnc1N1CCC1. The summed E-state index contributed by atoms with van der Waals surface area (Å²) in [4.78, 5) is 18.9. The lowest BCUT2D eigenvalue weighted by atomic mass is 10.1. The number of thiol groups is 1. The van der Waals surface area contributed by atoms with Gasteiger partial charge in [0, 0.05) is 24.8 Å². The molecule has 2 heterocycles. The molecule has 0 spiro atoms. The quantitative estimate of drug-likeness (QED) is 0.766. The van der Waals surface area contributed by atoms with Crippen molar-refractivity contribution < 1.29 is 4.79 Å². The zero-order chi connectivity index (χ0) is 17.1. The number of halogens is 2. The fraction of sp³-hybridized carbons (Fsp3) is 0.250. The fourth-order valence-corrected chi connectivity index (χ4v) is 2.93. The average molecular weight is 383 g/mol. The zero-order valence-electron chi connectivity index (χ0n) is 12.7. The van der Waals surface area contributed by atoms with E-state index in [2.05, 4.69) is 28.0 Å². The number of amides is 2. The Morgan fingerprint density at radius 1 is 1.29 bits per heavy atom. The summed E-state index contributed by atoms with van der Waals surface area (Å²) in [5, 5.41) is 3.39. The van der Waals surface area contributed by atoms with Crippen molar-refractivity contribution in [1.82, 2.24) is 9.29 Å². The highest BCUT2D eigenvalue weighted by molar-refractivity contribution is 7.78. The molecule has 3 rings (SSSR count). The first-order chi connectivity index (χ1) is 11.6. The van der Waals surface area contributed by atoms with E-state index in [1.54, 1.807) is 24.4 Å². The Morgan fingerprint density at radius 3 is 2.79 bits per heavy atom. The molecule has 1 saturated heterocycles. The maximum absolute atomic E-state index is 12.3. The van der Waals surface area contributed by atoms with Crippen LogP contribution in [-0.2, 0) is 6.54 Å². The van der Waals surface area contributed by atoms with Gasteiger partial charge in [-0.3, -0.25) is 4.31 Å². The molecule has 0 aliphatic carbocycles. The van der Waals surface area contributed by atoms with Crippen LogP contribution in [0.1, 0.15) is 12.0 Å². The van der Waals surface area contributed by atoms with Crippen molar-refractivity contribution in [2.24, 2.45) is 0 Å². The van der Waals surface area contributed by atoms with Gasteiger partial charge in [-0.1, -0.05) is 48.1 Å². The van der Waals surface area contributed by atoms with Gasteiger partial charge in [0.25, 0.3) is 0 Å². The summed E-state index contributed by atoms with van der Waals surface area (Å²) >= 11 is 16.3. The smallest absolute Gasteiger partial charge is 0.332 e. The molecule has 2 amide bonds. The van der Waals surface area contributed by atoms with Gasteiger partial charge in [0.05, 0.1) is 22.3 Å². The predicted molar refractivity (Wildman–Crippen MR) is 101 cm³/mol. The average Bonchev–Trinajstić information content (AvgIpc) is 2.52. The molecule has 0 saturated carbocycles. The first kappa shape index (κ1) is 17.2. The lowest BCUT2D eigenvalue weighted by molar-refractivity contribution is 0.238. The van der Waals surface area contributed by atoms with E-state index in [0.717, 1.165) is 30.9 Å². The molecular weight excluding hydrogens is 367 g/mol. The van der Waals surface area contributed by atoms with Gasteiger partial charge in [-0.05, 0) is 24.6 Å². The number of hydrogen-bond donors (Lipinski definition) is 2. The molecule has 24 heavy (non-hydrogen) atoms. The van der Waals surface area contributed by atoms with Gasteiger partial charge in [0.15, 0.2) is 0 Å². The number of nitrogens with one attached hydrogen (secondary N) is 1. The molecule has 1 aliphatic heterocycles. The molecule has 1 aliphatic rings. The van der Waals surface area contributed by atoms with E-state index in [1.165, 1.54) is 4.31 Å². The van der Waals surface area contributed by atoms with Gasteiger partial charge in [-0.25, -0.2) is 9.78 Å². The van der Waals surface area contributed by atoms with E-state index < -0.39 is 0 Å². The van der Waals surface area contributed by atoms with Crippen molar-refractivity contribution in [3.63, 3.8) is 0 Å². The molecule has 1 fully saturated rings. The monoisotopic (exact) mass is 382 g/mol. The van der Waals surface area contributed by atoms with Gasteiger partial charge < -0.3 is 10.2 Å². The van der Waals surface area contributed by atoms with Crippen LogP contribution in [0, 0.1) is 0 Å². The Kier molecular flexibility index (Phi) is 5.38. The summed E-state index contributed by atoms with van der Waals surface area (Å²) in [5.74, 6) is 0.899. The van der Waals surface area contributed by atoms with Crippen LogP contribution in [0.3, 0.4) is 0 Å². The highest BCUT2D eigenvalue weighted by Gasteiger charge is 2.21. The number of rotatable bonds is 4. The van der Waals surface area contributed by atoms with Crippen LogP contribution in [-0.4, -0.2) is 28.4 Å². The second-order valence-corrected chi connectivity index (χ2v) is 6.68. The Bertz CT molecular complexity index is 755. The standard InChI is InChI=1S/C16H16Cl2N4OS/c17-12-5-1-6-13(14(12)18)20-16(23)22(24)10-11-4-2-7-19-15(11)21-8-3-9-21/h1-2,4-7,24H,3,8-10H2,(H,20,23). The lowest BCUT2D eigenvalue weighted by Gasteiger charge is -2.33. The van der Waals surface area contributed by atoms with Crippen LogP contribution in [0.2, 0.25) is 10.0 Å². The summed E-state index contributed by atoms with van der Waals surface area (Å²) in [5.41, 5.74) is 1.39. The Balaban J connectivity index is 1.70. The van der Waals surface area contributed by atoms with Crippen molar-refractivity contribution in [2.45, 2.75) is 13.0 Å². The highest BCUT2D eigenvalue weighted by Crippen LogP contribution is 2.30. The third-order valence-corrected chi connectivity index (χ3v) is 4.91. The molecule has 1 aromatic heterocycles. The van der Waals surface area contributed by atoms with Gasteiger partial charge in [-0.2, -0.15) is 0 Å². The first-order valence-electron chi connectivity index (χ1n) is 7.46. The van der Waals surface area contributed by atoms with Crippen LogP contribution in [0.15, 0.2) is 36.5 Å². The Labute approximate surface area is 156 Å². The van der Waals surface area contributed by atoms with E-state index in [-0.39, 0.29) is 6.03 Å². The number of pyridine rings is 1. The lowest BCUT2D eigenvalue weighted by Crippen LogP contribution is -2.38. The van der Waals surface area contributed by atoms with Crippen LogP contribution < -0.4 is 10.2 Å². The van der Waals surface area contributed by atoms with E-state index in [4.69, 9.17) is 23.2 Å². The number of hydrogen-bond acceptors (Lipinski definition) is 4. The Hall–Kier alpha value is -1.63. The summed E-state index contributed by atoms with van der Waals surface area (Å²) in [6, 6.07) is 8.47. The summed E-state index contributed by atoms with van der Waals surface area (Å²) < 4.78 is 1.29. The van der Waals surface area contributed by atoms with Crippen molar-refractivity contribution in [3.8, 4) is 0 Å². The third-order valence-electron chi connectivity index (χ3n) is 3.77. The topological polar surface area (TPSA) is 48.5 Å². The first-order valence-corrected chi connectivity index (χ1v) is 8.62. The molecule has 1 N–H and O–H groups in total. The highest BCUT2D eigenvalue weighted by atomic mass is 35.5. The number of benzene rings is 1. The second kappa shape index (κ2) is 7.51. The van der Waals surface area contributed by atoms with E-state index >= 15 is 0 Å². The largest absolute Gasteiger partial charge is 0.356 e. The summed E-state index contributed by atoms with van der Waals surface area (Å²) in [7, 11) is 0. The molecule has 8 heteroatoms. The molecule has 2 aromatic rings. The van der Waals surface area contributed by atoms with Crippen molar-refractivity contribution in [1.29, 1.82) is 0 Å². The van der Waals surface area contributed by atoms with Gasteiger partial charge in [-0.15, -0.1) is 0 Å². The molecule has 0 atom stereocenters.